The lowest BCUT2D eigenvalue weighted by atomic mass is 10.0. The maximum Gasteiger partial charge on any atom is 0.307 e. The minimum absolute atomic E-state index is 0.156. The third kappa shape index (κ3) is 3.62. The van der Waals surface area contributed by atoms with Gasteiger partial charge in [-0.05, 0) is 13.3 Å². The van der Waals surface area contributed by atoms with Crippen molar-refractivity contribution in [1.29, 1.82) is 0 Å². The number of nitrogens with one attached hydrogen (secondary N) is 2. The van der Waals surface area contributed by atoms with Crippen molar-refractivity contribution in [3.05, 3.63) is 0 Å². The molecule has 6 nitrogen and oxygen atoms in total. The summed E-state index contributed by atoms with van der Waals surface area (Å²) in [5.41, 5.74) is 0. The van der Waals surface area contributed by atoms with Gasteiger partial charge in [0, 0.05) is 12.5 Å². The Morgan fingerprint density at radius 1 is 1.62 bits per heavy atom. The minimum Gasteiger partial charge on any atom is -0.469 e. The summed E-state index contributed by atoms with van der Waals surface area (Å²) in [6, 6.07) is -0.561. The molecule has 2 N–H and O–H groups in total. The molecule has 0 aromatic rings. The zero-order valence-corrected chi connectivity index (χ0v) is 9.41. The zero-order chi connectivity index (χ0) is 12.1. The van der Waals surface area contributed by atoms with Crippen LogP contribution in [0.15, 0.2) is 0 Å². The summed E-state index contributed by atoms with van der Waals surface area (Å²) >= 11 is 0. The molecule has 1 heterocycles. The van der Waals surface area contributed by atoms with Gasteiger partial charge in [0.1, 0.15) is 0 Å². The summed E-state index contributed by atoms with van der Waals surface area (Å²) < 4.78 is 4.52. The molecule has 1 rings (SSSR count). The monoisotopic (exact) mass is 228 g/mol. The van der Waals surface area contributed by atoms with Crippen molar-refractivity contribution in [2.24, 2.45) is 0 Å². The van der Waals surface area contributed by atoms with Crippen molar-refractivity contribution in [2.45, 2.75) is 38.3 Å². The normalized spacial score (nSPS) is 22.5. The van der Waals surface area contributed by atoms with E-state index in [2.05, 4.69) is 15.4 Å². The topological polar surface area (TPSA) is 84.5 Å². The maximum atomic E-state index is 11.4. The quantitative estimate of drug-likeness (QED) is 0.492. The highest BCUT2D eigenvalue weighted by atomic mass is 16.5. The number of hydrogen-bond donors (Lipinski definition) is 2. The Morgan fingerprint density at radius 2 is 2.31 bits per heavy atom. The molecule has 1 saturated heterocycles. The lowest BCUT2D eigenvalue weighted by Crippen LogP contribution is -2.53. The second kappa shape index (κ2) is 5.60. The number of rotatable bonds is 4. The summed E-state index contributed by atoms with van der Waals surface area (Å²) in [5.74, 6) is -0.899. The lowest BCUT2D eigenvalue weighted by molar-refractivity contribution is -0.142. The number of methoxy groups -OCH3 is 1. The van der Waals surface area contributed by atoms with E-state index in [0.29, 0.717) is 12.8 Å². The molecule has 0 radical (unpaired) electrons. The van der Waals surface area contributed by atoms with Gasteiger partial charge in [0.15, 0.2) is 0 Å². The van der Waals surface area contributed by atoms with Crippen LogP contribution in [0.5, 0.6) is 0 Å². The van der Waals surface area contributed by atoms with E-state index in [4.69, 9.17) is 0 Å². The van der Waals surface area contributed by atoms with Gasteiger partial charge in [-0.1, -0.05) is 0 Å². The SMILES string of the molecule is COC(=O)CC(C)NC1CCC(=O)NC1=O. The molecule has 90 valence electrons. The molecule has 0 spiro atoms. The first-order chi connectivity index (χ1) is 7.52. The van der Waals surface area contributed by atoms with Crippen LogP contribution in [-0.2, 0) is 19.1 Å². The average Bonchev–Trinajstić information content (AvgIpc) is 2.22. The Kier molecular flexibility index (Phi) is 4.42. The molecular weight excluding hydrogens is 212 g/mol. The highest BCUT2D eigenvalue weighted by molar-refractivity contribution is 6.00. The predicted molar refractivity (Wildman–Crippen MR) is 55.4 cm³/mol. The zero-order valence-electron chi connectivity index (χ0n) is 9.41. The van der Waals surface area contributed by atoms with Crippen LogP contribution < -0.4 is 10.6 Å². The number of hydrogen-bond acceptors (Lipinski definition) is 5. The summed E-state index contributed by atoms with van der Waals surface area (Å²) in [6.45, 7) is 1.79. The van der Waals surface area contributed by atoms with Crippen LogP contribution in [0.2, 0.25) is 0 Å². The van der Waals surface area contributed by atoms with Crippen LogP contribution in [0, 0.1) is 0 Å². The first-order valence-corrected chi connectivity index (χ1v) is 5.19. The van der Waals surface area contributed by atoms with E-state index in [1.54, 1.807) is 6.92 Å². The molecule has 0 aromatic heterocycles. The number of imide groups is 1. The van der Waals surface area contributed by atoms with E-state index >= 15 is 0 Å². The molecule has 0 aliphatic carbocycles. The van der Waals surface area contributed by atoms with Crippen LogP contribution >= 0.6 is 0 Å². The summed E-state index contributed by atoms with van der Waals surface area (Å²) in [7, 11) is 1.32. The van der Waals surface area contributed by atoms with Crippen LogP contribution in [0.25, 0.3) is 0 Å². The smallest absolute Gasteiger partial charge is 0.307 e. The molecular formula is C10H16N2O4. The number of carbonyl (C=O) groups is 3. The second-order valence-corrected chi connectivity index (χ2v) is 3.85. The Labute approximate surface area is 93.7 Å². The Morgan fingerprint density at radius 3 is 2.88 bits per heavy atom. The van der Waals surface area contributed by atoms with Crippen molar-refractivity contribution in [1.82, 2.24) is 10.6 Å². The molecule has 0 bridgehead atoms. The van der Waals surface area contributed by atoms with Gasteiger partial charge in [-0.3, -0.25) is 19.7 Å². The fraction of sp³-hybridized carbons (Fsp3) is 0.700. The minimum atomic E-state index is -0.405. The molecule has 1 fully saturated rings. The second-order valence-electron chi connectivity index (χ2n) is 3.85. The molecule has 1 aliphatic rings. The van der Waals surface area contributed by atoms with Crippen LogP contribution in [0.3, 0.4) is 0 Å². The van der Waals surface area contributed by atoms with Gasteiger partial charge >= 0.3 is 5.97 Å². The van der Waals surface area contributed by atoms with Crippen molar-refractivity contribution in [3.8, 4) is 0 Å². The molecule has 16 heavy (non-hydrogen) atoms. The van der Waals surface area contributed by atoms with Crippen molar-refractivity contribution >= 4 is 17.8 Å². The standard InChI is InChI=1S/C10H16N2O4/c1-6(5-9(14)16-2)11-7-3-4-8(13)12-10(7)15/h6-7,11H,3-5H2,1-2H3,(H,12,13,15). The highest BCUT2D eigenvalue weighted by Gasteiger charge is 2.27. The molecule has 2 amide bonds. The Bertz CT molecular complexity index is 303. The Balaban J connectivity index is 2.39. The molecule has 0 saturated carbocycles. The highest BCUT2D eigenvalue weighted by Crippen LogP contribution is 2.06. The summed E-state index contributed by atoms with van der Waals surface area (Å²) in [6.07, 6.45) is 0.999. The van der Waals surface area contributed by atoms with Gasteiger partial charge in [-0.25, -0.2) is 0 Å². The van der Waals surface area contributed by atoms with Crippen LogP contribution in [0.1, 0.15) is 26.2 Å². The third-order valence-corrected chi connectivity index (χ3v) is 2.43. The first-order valence-electron chi connectivity index (χ1n) is 5.19. The number of ether oxygens (including phenoxy) is 1. The van der Waals surface area contributed by atoms with Gasteiger partial charge in [0.25, 0.3) is 0 Å². The van der Waals surface area contributed by atoms with Gasteiger partial charge in [0.2, 0.25) is 11.8 Å². The van der Waals surface area contributed by atoms with Crippen LogP contribution in [0.4, 0.5) is 0 Å². The molecule has 6 heteroatoms. The van der Waals surface area contributed by atoms with Crippen molar-refractivity contribution in [3.63, 3.8) is 0 Å². The third-order valence-electron chi connectivity index (χ3n) is 2.43. The van der Waals surface area contributed by atoms with E-state index in [1.807, 2.05) is 0 Å². The van der Waals surface area contributed by atoms with Gasteiger partial charge < -0.3 is 10.1 Å². The summed E-state index contributed by atoms with van der Waals surface area (Å²) in [4.78, 5) is 33.3. The maximum absolute atomic E-state index is 11.4. The molecule has 2 atom stereocenters. The predicted octanol–water partition coefficient (Wildman–Crippen LogP) is -0.667. The van der Waals surface area contributed by atoms with E-state index in [0.717, 1.165) is 0 Å². The van der Waals surface area contributed by atoms with E-state index < -0.39 is 6.04 Å². The molecule has 0 aromatic carbocycles. The average molecular weight is 228 g/mol. The molecule has 1 aliphatic heterocycles. The Hall–Kier alpha value is -1.43. The summed E-state index contributed by atoms with van der Waals surface area (Å²) in [5, 5.41) is 5.23. The van der Waals surface area contributed by atoms with Gasteiger partial charge in [0.05, 0.1) is 19.6 Å². The fourth-order valence-electron chi connectivity index (χ4n) is 1.59. The van der Waals surface area contributed by atoms with Gasteiger partial charge in [-0.15, -0.1) is 0 Å². The van der Waals surface area contributed by atoms with Crippen LogP contribution in [-0.4, -0.2) is 37.0 Å². The number of esters is 1. The van der Waals surface area contributed by atoms with Gasteiger partial charge in [-0.2, -0.15) is 0 Å². The number of amides is 2. The number of piperidine rings is 1. The first kappa shape index (κ1) is 12.6. The largest absolute Gasteiger partial charge is 0.469 e. The van der Waals surface area contributed by atoms with E-state index in [1.165, 1.54) is 7.11 Å². The number of carbonyl (C=O) groups excluding carboxylic acids is 3. The van der Waals surface area contributed by atoms with E-state index in [9.17, 15) is 14.4 Å². The fourth-order valence-corrected chi connectivity index (χ4v) is 1.59. The van der Waals surface area contributed by atoms with Crippen molar-refractivity contribution < 1.29 is 19.1 Å². The van der Waals surface area contributed by atoms with E-state index in [-0.39, 0.29) is 30.2 Å². The molecule has 2 unspecified atom stereocenters. The van der Waals surface area contributed by atoms with Crippen molar-refractivity contribution in [2.75, 3.05) is 7.11 Å². The lowest BCUT2D eigenvalue weighted by Gasteiger charge is -2.24.